The summed E-state index contributed by atoms with van der Waals surface area (Å²) in [6, 6.07) is 9.51. The zero-order chi connectivity index (χ0) is 23.3. The van der Waals surface area contributed by atoms with E-state index in [1.165, 1.54) is 26.4 Å². The third kappa shape index (κ3) is 5.12. The van der Waals surface area contributed by atoms with Crippen LogP contribution in [0.25, 0.3) is 23.1 Å². The Hall–Kier alpha value is -3.72. The summed E-state index contributed by atoms with van der Waals surface area (Å²) in [7, 11) is 7.01. The van der Waals surface area contributed by atoms with Crippen LogP contribution in [-0.2, 0) is 6.54 Å². The maximum atomic E-state index is 13.3. The number of non-ortho nitro benzene ring substituents is 1. The molecular formula is C23H26N4O5. The molecule has 0 saturated heterocycles. The highest BCUT2D eigenvalue weighted by molar-refractivity contribution is 5.83. The number of nitro benzene ring substituents is 1. The van der Waals surface area contributed by atoms with E-state index in [0.29, 0.717) is 34.8 Å². The van der Waals surface area contributed by atoms with Crippen molar-refractivity contribution >= 4 is 28.7 Å². The van der Waals surface area contributed by atoms with Gasteiger partial charge in [0.2, 0.25) is 0 Å². The second-order valence-electron chi connectivity index (χ2n) is 7.49. The molecule has 0 aliphatic heterocycles. The number of fused-ring (bicyclic) bond motifs is 1. The fourth-order valence-corrected chi connectivity index (χ4v) is 3.33. The molecule has 32 heavy (non-hydrogen) atoms. The number of nitrogens with zero attached hydrogens (tertiary/aromatic N) is 4. The Labute approximate surface area is 185 Å². The summed E-state index contributed by atoms with van der Waals surface area (Å²) in [4.78, 5) is 30.5. The van der Waals surface area contributed by atoms with Crippen LogP contribution in [0.15, 0.2) is 41.2 Å². The molecule has 0 N–H and O–H groups in total. The molecule has 3 rings (SSSR count). The molecule has 0 spiro atoms. The number of hydrogen-bond donors (Lipinski definition) is 0. The van der Waals surface area contributed by atoms with Crippen molar-refractivity contribution in [3.8, 4) is 11.5 Å². The normalized spacial score (nSPS) is 11.4. The minimum absolute atomic E-state index is 0.0209. The third-order valence-electron chi connectivity index (χ3n) is 5.00. The maximum absolute atomic E-state index is 13.3. The summed E-state index contributed by atoms with van der Waals surface area (Å²) in [6.07, 6.45) is 4.29. The van der Waals surface area contributed by atoms with Crippen LogP contribution in [0.1, 0.15) is 17.8 Å². The van der Waals surface area contributed by atoms with Crippen molar-refractivity contribution in [1.82, 2.24) is 14.5 Å². The summed E-state index contributed by atoms with van der Waals surface area (Å²) >= 11 is 0. The lowest BCUT2D eigenvalue weighted by Crippen LogP contribution is -2.26. The van der Waals surface area contributed by atoms with Gasteiger partial charge in [-0.1, -0.05) is 6.08 Å². The SMILES string of the molecule is COc1cc2nc(/C=C/c3ccc([N+](=O)[O-])cc3)n(CCCN(C)C)c(=O)c2cc1OC. The van der Waals surface area contributed by atoms with Gasteiger partial charge in [0.1, 0.15) is 5.82 Å². The first-order valence-electron chi connectivity index (χ1n) is 10.1. The predicted molar refractivity (Wildman–Crippen MR) is 124 cm³/mol. The molecule has 0 unspecified atom stereocenters. The fraction of sp³-hybridized carbons (Fsp3) is 0.304. The van der Waals surface area contributed by atoms with Gasteiger partial charge in [-0.15, -0.1) is 0 Å². The van der Waals surface area contributed by atoms with Crippen LogP contribution >= 0.6 is 0 Å². The minimum Gasteiger partial charge on any atom is -0.493 e. The summed E-state index contributed by atoms with van der Waals surface area (Å²) < 4.78 is 12.3. The number of hydrogen-bond acceptors (Lipinski definition) is 7. The zero-order valence-electron chi connectivity index (χ0n) is 18.6. The Morgan fingerprint density at radius 2 is 1.75 bits per heavy atom. The molecule has 9 heteroatoms. The average molecular weight is 438 g/mol. The minimum atomic E-state index is -0.442. The lowest BCUT2D eigenvalue weighted by Gasteiger charge is -2.15. The molecule has 0 fully saturated rings. The van der Waals surface area contributed by atoms with Gasteiger partial charge in [-0.2, -0.15) is 0 Å². The topological polar surface area (TPSA) is 99.7 Å². The van der Waals surface area contributed by atoms with E-state index in [1.54, 1.807) is 41.0 Å². The monoisotopic (exact) mass is 438 g/mol. The molecule has 0 radical (unpaired) electrons. The van der Waals surface area contributed by atoms with Gasteiger partial charge >= 0.3 is 0 Å². The summed E-state index contributed by atoms with van der Waals surface area (Å²) in [5, 5.41) is 11.3. The highest BCUT2D eigenvalue weighted by atomic mass is 16.6. The smallest absolute Gasteiger partial charge is 0.269 e. The van der Waals surface area contributed by atoms with E-state index >= 15 is 0 Å². The summed E-state index contributed by atoms with van der Waals surface area (Å²) in [5.74, 6) is 1.45. The van der Waals surface area contributed by atoms with Crippen LogP contribution in [0.5, 0.6) is 11.5 Å². The van der Waals surface area contributed by atoms with Crippen molar-refractivity contribution in [3.63, 3.8) is 0 Å². The molecule has 0 bridgehead atoms. The van der Waals surface area contributed by atoms with Gasteiger partial charge in [-0.05, 0) is 56.9 Å². The molecule has 1 aromatic heterocycles. The predicted octanol–water partition coefficient (Wildman–Crippen LogP) is 3.44. The number of methoxy groups -OCH3 is 2. The van der Waals surface area contributed by atoms with Crippen LogP contribution in [0, 0.1) is 10.1 Å². The number of nitro groups is 1. The molecule has 1 heterocycles. The van der Waals surface area contributed by atoms with Crippen molar-refractivity contribution in [2.45, 2.75) is 13.0 Å². The van der Waals surface area contributed by atoms with E-state index in [0.717, 1.165) is 18.5 Å². The number of rotatable bonds is 9. The van der Waals surface area contributed by atoms with Crippen molar-refractivity contribution in [2.24, 2.45) is 0 Å². The molecule has 168 valence electrons. The molecule has 0 amide bonds. The van der Waals surface area contributed by atoms with Crippen molar-refractivity contribution in [3.05, 3.63) is 68.3 Å². The number of benzene rings is 2. The van der Waals surface area contributed by atoms with E-state index in [9.17, 15) is 14.9 Å². The Bertz CT molecular complexity index is 1200. The van der Waals surface area contributed by atoms with Crippen LogP contribution in [0.4, 0.5) is 5.69 Å². The van der Waals surface area contributed by atoms with Crippen LogP contribution in [0.2, 0.25) is 0 Å². The first-order chi connectivity index (χ1) is 15.3. The highest BCUT2D eigenvalue weighted by Crippen LogP contribution is 2.30. The van der Waals surface area contributed by atoms with Gasteiger partial charge < -0.3 is 14.4 Å². The zero-order valence-corrected chi connectivity index (χ0v) is 18.6. The molecule has 0 aliphatic carbocycles. The average Bonchev–Trinajstić information content (AvgIpc) is 2.78. The first kappa shape index (κ1) is 23.0. The molecule has 2 aromatic carbocycles. The lowest BCUT2D eigenvalue weighted by molar-refractivity contribution is -0.384. The lowest BCUT2D eigenvalue weighted by atomic mass is 10.2. The Balaban J connectivity index is 2.08. The number of ether oxygens (including phenoxy) is 2. The van der Waals surface area contributed by atoms with E-state index in [1.807, 2.05) is 14.1 Å². The van der Waals surface area contributed by atoms with Crippen molar-refractivity contribution < 1.29 is 14.4 Å². The van der Waals surface area contributed by atoms with Gasteiger partial charge in [-0.25, -0.2) is 4.98 Å². The Kier molecular flexibility index (Phi) is 7.21. The van der Waals surface area contributed by atoms with Crippen LogP contribution in [-0.4, -0.2) is 54.2 Å². The van der Waals surface area contributed by atoms with Crippen LogP contribution in [0.3, 0.4) is 0 Å². The quantitative estimate of drug-likeness (QED) is 0.373. The van der Waals surface area contributed by atoms with Crippen LogP contribution < -0.4 is 15.0 Å². The first-order valence-corrected chi connectivity index (χ1v) is 10.1. The molecular weight excluding hydrogens is 412 g/mol. The van der Waals surface area contributed by atoms with Gasteiger partial charge in [0.15, 0.2) is 11.5 Å². The molecule has 0 saturated carbocycles. The van der Waals surface area contributed by atoms with Crippen molar-refractivity contribution in [1.29, 1.82) is 0 Å². The fourth-order valence-electron chi connectivity index (χ4n) is 3.33. The van der Waals surface area contributed by atoms with E-state index in [-0.39, 0.29) is 11.2 Å². The maximum Gasteiger partial charge on any atom is 0.269 e. The van der Waals surface area contributed by atoms with E-state index < -0.39 is 4.92 Å². The second kappa shape index (κ2) is 10.1. The standard InChI is InChI=1S/C23H26N4O5/c1-25(2)12-5-13-26-22(11-8-16-6-9-17(10-7-16)27(29)30)24-19-15-21(32-4)20(31-3)14-18(19)23(26)28/h6-11,14-15H,5,12-13H2,1-4H3/b11-8+. The molecule has 3 aromatic rings. The van der Waals surface area contributed by atoms with Gasteiger partial charge in [0.25, 0.3) is 11.2 Å². The largest absolute Gasteiger partial charge is 0.493 e. The molecule has 9 nitrogen and oxygen atoms in total. The third-order valence-corrected chi connectivity index (χ3v) is 5.00. The van der Waals surface area contributed by atoms with E-state index in [4.69, 9.17) is 14.5 Å². The second-order valence-corrected chi connectivity index (χ2v) is 7.49. The Morgan fingerprint density at radius 1 is 1.09 bits per heavy atom. The van der Waals surface area contributed by atoms with E-state index in [2.05, 4.69) is 4.90 Å². The van der Waals surface area contributed by atoms with Gasteiger partial charge in [0.05, 0.1) is 30.0 Å². The summed E-state index contributed by atoms with van der Waals surface area (Å²) in [5.41, 5.74) is 1.11. The Morgan fingerprint density at radius 3 is 2.34 bits per heavy atom. The summed E-state index contributed by atoms with van der Waals surface area (Å²) in [6.45, 7) is 1.32. The van der Waals surface area contributed by atoms with Crippen molar-refractivity contribution in [2.75, 3.05) is 34.9 Å². The molecule has 0 atom stereocenters. The highest BCUT2D eigenvalue weighted by Gasteiger charge is 2.14. The van der Waals surface area contributed by atoms with Gasteiger partial charge in [-0.3, -0.25) is 19.5 Å². The number of aromatic nitrogens is 2. The molecule has 0 aliphatic rings. The van der Waals surface area contributed by atoms with Gasteiger partial charge in [0, 0.05) is 24.7 Å².